The third-order valence-corrected chi connectivity index (χ3v) is 2.10. The molecule has 0 aromatic heterocycles. The van der Waals surface area contributed by atoms with Crippen molar-refractivity contribution in [2.75, 3.05) is 0 Å². The van der Waals surface area contributed by atoms with Gasteiger partial charge in [-0.2, -0.15) is 0 Å². The number of carbonyl (C=O) groups is 1. The summed E-state index contributed by atoms with van der Waals surface area (Å²) in [7, 11) is 0. The lowest BCUT2D eigenvalue weighted by molar-refractivity contribution is -0.136. The first-order valence-electron chi connectivity index (χ1n) is 3.86. The first-order valence-corrected chi connectivity index (χ1v) is 4.23. The molecule has 0 saturated heterocycles. The number of aryl methyl sites for hydroxylation is 1. The van der Waals surface area contributed by atoms with Gasteiger partial charge in [-0.25, -0.2) is 8.78 Å². The Labute approximate surface area is 84.1 Å². The molecule has 0 atom stereocenters. The van der Waals surface area contributed by atoms with Crippen molar-refractivity contribution in [2.45, 2.75) is 12.8 Å². The van der Waals surface area contributed by atoms with Crippen LogP contribution in [0.2, 0.25) is 5.02 Å². The molecular weight excluding hydrogens is 214 g/mol. The van der Waals surface area contributed by atoms with Crippen molar-refractivity contribution >= 4 is 17.6 Å². The van der Waals surface area contributed by atoms with Crippen LogP contribution in [0.5, 0.6) is 0 Å². The van der Waals surface area contributed by atoms with E-state index >= 15 is 0 Å². The second-order valence-corrected chi connectivity index (χ2v) is 3.13. The molecule has 14 heavy (non-hydrogen) atoms. The van der Waals surface area contributed by atoms with Crippen molar-refractivity contribution in [3.05, 3.63) is 34.4 Å². The standard InChI is InChI=1S/C9H7ClF2O2/c10-9-5(1-2-8(13)14)3-6(11)4-7(9)12/h3-4H,1-2H2,(H,13,14). The Balaban J connectivity index is 2.90. The number of benzene rings is 1. The number of rotatable bonds is 3. The minimum atomic E-state index is -1.04. The Hall–Kier alpha value is -1.16. The summed E-state index contributed by atoms with van der Waals surface area (Å²) in [5.74, 6) is -2.66. The van der Waals surface area contributed by atoms with Gasteiger partial charge in [0.2, 0.25) is 0 Å². The van der Waals surface area contributed by atoms with E-state index in [2.05, 4.69) is 0 Å². The van der Waals surface area contributed by atoms with Gasteiger partial charge >= 0.3 is 5.97 Å². The van der Waals surface area contributed by atoms with Gasteiger partial charge in [-0.15, -0.1) is 0 Å². The van der Waals surface area contributed by atoms with Gasteiger partial charge in [0, 0.05) is 12.5 Å². The summed E-state index contributed by atoms with van der Waals surface area (Å²) in [4.78, 5) is 10.2. The molecule has 0 aliphatic heterocycles. The van der Waals surface area contributed by atoms with E-state index in [1.165, 1.54) is 0 Å². The van der Waals surface area contributed by atoms with E-state index in [9.17, 15) is 13.6 Å². The smallest absolute Gasteiger partial charge is 0.303 e. The maximum Gasteiger partial charge on any atom is 0.303 e. The van der Waals surface area contributed by atoms with Crippen molar-refractivity contribution in [2.24, 2.45) is 0 Å². The fraction of sp³-hybridized carbons (Fsp3) is 0.222. The summed E-state index contributed by atoms with van der Waals surface area (Å²) < 4.78 is 25.5. The number of halogens is 3. The third kappa shape index (κ3) is 2.67. The number of hydrogen-bond acceptors (Lipinski definition) is 1. The van der Waals surface area contributed by atoms with E-state index in [4.69, 9.17) is 16.7 Å². The quantitative estimate of drug-likeness (QED) is 0.795. The van der Waals surface area contributed by atoms with Crippen molar-refractivity contribution < 1.29 is 18.7 Å². The number of hydrogen-bond donors (Lipinski definition) is 1. The normalized spacial score (nSPS) is 10.2. The zero-order valence-electron chi connectivity index (χ0n) is 7.06. The molecule has 0 bridgehead atoms. The fourth-order valence-electron chi connectivity index (χ4n) is 1.03. The van der Waals surface area contributed by atoms with E-state index in [-0.39, 0.29) is 23.4 Å². The zero-order valence-corrected chi connectivity index (χ0v) is 7.81. The largest absolute Gasteiger partial charge is 0.481 e. The van der Waals surface area contributed by atoms with Crippen LogP contribution in [-0.2, 0) is 11.2 Å². The summed E-state index contributed by atoms with van der Waals surface area (Å²) in [5, 5.41) is 8.16. The predicted octanol–water partition coefficient (Wildman–Crippen LogP) is 2.64. The Morgan fingerprint density at radius 1 is 1.43 bits per heavy atom. The molecule has 0 saturated carbocycles. The van der Waals surface area contributed by atoms with Crippen LogP contribution in [0.15, 0.2) is 12.1 Å². The average Bonchev–Trinajstić information content (AvgIpc) is 2.08. The van der Waals surface area contributed by atoms with Gasteiger partial charge in [0.1, 0.15) is 11.6 Å². The van der Waals surface area contributed by atoms with Crippen LogP contribution in [0.4, 0.5) is 8.78 Å². The summed E-state index contributed by atoms with van der Waals surface area (Å²) in [6.07, 6.45) is -0.189. The summed E-state index contributed by atoms with van der Waals surface area (Å²) >= 11 is 5.51. The highest BCUT2D eigenvalue weighted by Gasteiger charge is 2.10. The van der Waals surface area contributed by atoms with Gasteiger partial charge < -0.3 is 5.11 Å². The van der Waals surface area contributed by atoms with Gasteiger partial charge in [-0.05, 0) is 18.1 Å². The molecule has 0 spiro atoms. The van der Waals surface area contributed by atoms with Crippen LogP contribution in [0, 0.1) is 11.6 Å². The zero-order chi connectivity index (χ0) is 10.7. The summed E-state index contributed by atoms with van der Waals surface area (Å²) in [5.41, 5.74) is 0.173. The monoisotopic (exact) mass is 220 g/mol. The van der Waals surface area contributed by atoms with E-state index < -0.39 is 17.6 Å². The Morgan fingerprint density at radius 3 is 2.64 bits per heavy atom. The van der Waals surface area contributed by atoms with E-state index in [1.807, 2.05) is 0 Å². The van der Waals surface area contributed by atoms with Crippen molar-refractivity contribution in [1.82, 2.24) is 0 Å². The molecule has 0 heterocycles. The van der Waals surface area contributed by atoms with E-state index in [0.717, 1.165) is 6.07 Å². The van der Waals surface area contributed by atoms with Crippen LogP contribution >= 0.6 is 11.6 Å². The maximum absolute atomic E-state index is 12.8. The van der Waals surface area contributed by atoms with E-state index in [1.54, 1.807) is 0 Å². The number of carboxylic acids is 1. The SMILES string of the molecule is O=C(O)CCc1cc(F)cc(F)c1Cl. The molecule has 76 valence electrons. The molecule has 0 radical (unpaired) electrons. The summed E-state index contributed by atoms with van der Waals surface area (Å²) in [6, 6.07) is 1.70. The molecule has 0 fully saturated rings. The van der Waals surface area contributed by atoms with Gasteiger partial charge in [-0.1, -0.05) is 11.6 Å². The summed E-state index contributed by atoms with van der Waals surface area (Å²) in [6.45, 7) is 0. The van der Waals surface area contributed by atoms with Gasteiger partial charge in [-0.3, -0.25) is 4.79 Å². The Kier molecular flexibility index (Phi) is 3.41. The van der Waals surface area contributed by atoms with Gasteiger partial charge in [0.05, 0.1) is 5.02 Å². The molecule has 0 aliphatic rings. The molecule has 1 N–H and O–H groups in total. The highest BCUT2D eigenvalue weighted by Crippen LogP contribution is 2.22. The molecule has 1 aromatic rings. The van der Waals surface area contributed by atoms with Gasteiger partial charge in [0.15, 0.2) is 0 Å². The first-order chi connectivity index (χ1) is 6.50. The lowest BCUT2D eigenvalue weighted by Gasteiger charge is -2.03. The van der Waals surface area contributed by atoms with Crippen molar-refractivity contribution in [3.8, 4) is 0 Å². The molecule has 5 heteroatoms. The molecular formula is C9H7ClF2O2. The van der Waals surface area contributed by atoms with Crippen LogP contribution in [0.1, 0.15) is 12.0 Å². The van der Waals surface area contributed by atoms with Crippen molar-refractivity contribution in [3.63, 3.8) is 0 Å². The fourth-order valence-corrected chi connectivity index (χ4v) is 1.24. The average molecular weight is 221 g/mol. The molecule has 0 amide bonds. The number of carboxylic acid groups (broad SMARTS) is 1. The van der Waals surface area contributed by atoms with Gasteiger partial charge in [0.25, 0.3) is 0 Å². The Morgan fingerprint density at radius 2 is 2.07 bits per heavy atom. The van der Waals surface area contributed by atoms with Crippen LogP contribution in [-0.4, -0.2) is 11.1 Å². The second kappa shape index (κ2) is 4.37. The van der Waals surface area contributed by atoms with Crippen LogP contribution < -0.4 is 0 Å². The topological polar surface area (TPSA) is 37.3 Å². The third-order valence-electron chi connectivity index (χ3n) is 1.68. The molecule has 0 aliphatic carbocycles. The van der Waals surface area contributed by atoms with E-state index in [0.29, 0.717) is 6.07 Å². The lowest BCUT2D eigenvalue weighted by atomic mass is 10.1. The highest BCUT2D eigenvalue weighted by atomic mass is 35.5. The molecule has 1 rings (SSSR count). The lowest BCUT2D eigenvalue weighted by Crippen LogP contribution is -1.99. The maximum atomic E-state index is 12.8. The molecule has 0 unspecified atom stereocenters. The van der Waals surface area contributed by atoms with Crippen molar-refractivity contribution in [1.29, 1.82) is 0 Å². The highest BCUT2D eigenvalue weighted by molar-refractivity contribution is 6.31. The minimum Gasteiger partial charge on any atom is -0.481 e. The molecule has 2 nitrogen and oxygen atoms in total. The predicted molar refractivity (Wildman–Crippen MR) is 47.3 cm³/mol. The first kappa shape index (κ1) is 10.9. The van der Waals surface area contributed by atoms with Crippen LogP contribution in [0.3, 0.4) is 0 Å². The number of aliphatic carboxylic acids is 1. The molecule has 1 aromatic carbocycles. The second-order valence-electron chi connectivity index (χ2n) is 2.75. The Bertz CT molecular complexity index is 366. The minimum absolute atomic E-state index is 0.0167. The van der Waals surface area contributed by atoms with Crippen LogP contribution in [0.25, 0.3) is 0 Å².